The number of aryl methyl sites for hydroxylation is 1. The lowest BCUT2D eigenvalue weighted by atomic mass is 10.1. The zero-order chi connectivity index (χ0) is 21.8. The molecule has 3 aromatic rings. The summed E-state index contributed by atoms with van der Waals surface area (Å²) in [5.74, 6) is 1.38. The standard InChI is InChI=1S/C19H21BrN6O4S/c20-11-7-12-13(30-10-29-12)8-14(11)31-19-24-16-17(21)22-9-23-18(16)26(19)6-4-2-1-3-5-15(27)25-28/h7-9,28H,1-6,10H2,(H,25,27)(H2,21,22,23). The second-order valence-corrected chi connectivity index (χ2v) is 8.78. The molecule has 0 bridgehead atoms. The van der Waals surface area contributed by atoms with Gasteiger partial charge in [-0.1, -0.05) is 24.6 Å². The molecule has 1 aliphatic rings. The molecule has 3 heterocycles. The molecule has 2 aromatic heterocycles. The Morgan fingerprint density at radius 1 is 1.23 bits per heavy atom. The smallest absolute Gasteiger partial charge is 0.243 e. The monoisotopic (exact) mass is 508 g/mol. The highest BCUT2D eigenvalue weighted by Gasteiger charge is 2.20. The van der Waals surface area contributed by atoms with Crippen molar-refractivity contribution in [2.75, 3.05) is 12.5 Å². The van der Waals surface area contributed by atoms with Gasteiger partial charge in [-0.3, -0.25) is 10.0 Å². The molecule has 4 rings (SSSR count). The van der Waals surface area contributed by atoms with Gasteiger partial charge in [0.1, 0.15) is 6.33 Å². The molecule has 0 radical (unpaired) electrons. The van der Waals surface area contributed by atoms with Crippen LogP contribution in [-0.2, 0) is 11.3 Å². The number of hydrogen-bond acceptors (Lipinski definition) is 9. The number of ether oxygens (including phenoxy) is 2. The Bertz CT molecular complexity index is 1110. The lowest BCUT2D eigenvalue weighted by molar-refractivity contribution is -0.129. The van der Waals surface area contributed by atoms with Crippen LogP contribution in [0.3, 0.4) is 0 Å². The van der Waals surface area contributed by atoms with E-state index in [0.717, 1.165) is 40.2 Å². The number of nitrogen functional groups attached to an aromatic ring is 1. The summed E-state index contributed by atoms with van der Waals surface area (Å²) in [7, 11) is 0. The fourth-order valence-electron chi connectivity index (χ4n) is 3.25. The fourth-order valence-corrected chi connectivity index (χ4v) is 4.76. The number of carbonyl (C=O) groups excluding carboxylic acids is 1. The average Bonchev–Trinajstić information content (AvgIpc) is 3.35. The Morgan fingerprint density at radius 2 is 2.00 bits per heavy atom. The van der Waals surface area contributed by atoms with E-state index in [9.17, 15) is 4.79 Å². The summed E-state index contributed by atoms with van der Waals surface area (Å²) < 4.78 is 13.8. The highest BCUT2D eigenvalue weighted by Crippen LogP contribution is 2.43. The van der Waals surface area contributed by atoms with Gasteiger partial charge in [0.05, 0.1) is 0 Å². The van der Waals surface area contributed by atoms with Crippen LogP contribution in [0.25, 0.3) is 11.2 Å². The molecule has 1 aromatic carbocycles. The van der Waals surface area contributed by atoms with Crippen molar-refractivity contribution in [1.82, 2.24) is 25.0 Å². The van der Waals surface area contributed by atoms with Gasteiger partial charge in [-0.05, 0) is 40.9 Å². The normalized spacial score (nSPS) is 12.5. The third-order valence-electron chi connectivity index (χ3n) is 4.81. The van der Waals surface area contributed by atoms with Gasteiger partial charge < -0.3 is 19.8 Å². The van der Waals surface area contributed by atoms with Crippen LogP contribution < -0.4 is 20.7 Å². The second-order valence-electron chi connectivity index (χ2n) is 6.91. The van der Waals surface area contributed by atoms with E-state index in [2.05, 4.69) is 25.9 Å². The van der Waals surface area contributed by atoms with E-state index in [4.69, 9.17) is 25.4 Å². The number of hydrogen-bond donors (Lipinski definition) is 3. The largest absolute Gasteiger partial charge is 0.454 e. The molecule has 12 heteroatoms. The van der Waals surface area contributed by atoms with Gasteiger partial charge >= 0.3 is 0 Å². The highest BCUT2D eigenvalue weighted by molar-refractivity contribution is 9.10. The van der Waals surface area contributed by atoms with E-state index in [1.165, 1.54) is 18.1 Å². The minimum atomic E-state index is -0.360. The number of nitrogens with one attached hydrogen (secondary N) is 1. The zero-order valence-electron chi connectivity index (χ0n) is 16.5. The van der Waals surface area contributed by atoms with E-state index < -0.39 is 0 Å². The van der Waals surface area contributed by atoms with Crippen LogP contribution in [-0.4, -0.2) is 37.4 Å². The van der Waals surface area contributed by atoms with Crippen LogP contribution in [0.15, 0.2) is 33.0 Å². The molecule has 0 atom stereocenters. The molecular weight excluding hydrogens is 488 g/mol. The first-order valence-electron chi connectivity index (χ1n) is 9.73. The van der Waals surface area contributed by atoms with Crippen molar-refractivity contribution < 1.29 is 19.5 Å². The topological polar surface area (TPSA) is 137 Å². The van der Waals surface area contributed by atoms with Crippen molar-refractivity contribution in [3.8, 4) is 11.5 Å². The summed E-state index contributed by atoms with van der Waals surface area (Å²) in [6.45, 7) is 0.907. The highest BCUT2D eigenvalue weighted by atomic mass is 79.9. The number of aromatic nitrogens is 4. The van der Waals surface area contributed by atoms with Gasteiger partial charge in [0.15, 0.2) is 33.6 Å². The number of fused-ring (bicyclic) bond motifs is 2. The number of anilines is 1. The number of unbranched alkanes of at least 4 members (excludes halogenated alkanes) is 3. The van der Waals surface area contributed by atoms with Crippen molar-refractivity contribution in [3.63, 3.8) is 0 Å². The number of halogens is 1. The number of amides is 1. The van der Waals surface area contributed by atoms with Gasteiger partial charge in [0.25, 0.3) is 0 Å². The van der Waals surface area contributed by atoms with Gasteiger partial charge in [0.2, 0.25) is 12.7 Å². The average molecular weight is 509 g/mol. The lowest BCUT2D eigenvalue weighted by Crippen LogP contribution is -2.17. The third kappa shape index (κ3) is 4.86. The molecule has 31 heavy (non-hydrogen) atoms. The third-order valence-corrected chi connectivity index (χ3v) is 6.78. The Hall–Kier alpha value is -2.57. The Balaban J connectivity index is 1.52. The summed E-state index contributed by atoms with van der Waals surface area (Å²) in [5, 5.41) is 9.31. The molecule has 0 spiro atoms. The molecule has 0 unspecified atom stereocenters. The summed E-state index contributed by atoms with van der Waals surface area (Å²) in [4.78, 5) is 25.2. The maximum absolute atomic E-state index is 11.1. The number of hydroxylamine groups is 1. The minimum Gasteiger partial charge on any atom is -0.454 e. The van der Waals surface area contributed by atoms with Crippen LogP contribution in [0.2, 0.25) is 0 Å². The summed E-state index contributed by atoms with van der Waals surface area (Å²) in [6, 6.07) is 3.80. The molecular formula is C19H21BrN6O4S. The molecule has 1 aliphatic heterocycles. The van der Waals surface area contributed by atoms with Crippen LogP contribution >= 0.6 is 27.7 Å². The SMILES string of the molecule is Nc1ncnc2c1nc(Sc1cc3c(cc1Br)OCO3)n2CCCCCCC(=O)NO. The van der Waals surface area contributed by atoms with Gasteiger partial charge in [-0.2, -0.15) is 0 Å². The quantitative estimate of drug-likeness (QED) is 0.225. The van der Waals surface area contributed by atoms with Crippen molar-refractivity contribution in [3.05, 3.63) is 22.9 Å². The fraction of sp³-hybridized carbons (Fsp3) is 0.368. The molecule has 1 amide bonds. The van der Waals surface area contributed by atoms with Crippen LogP contribution in [0.5, 0.6) is 11.5 Å². The van der Waals surface area contributed by atoms with Crippen molar-refractivity contribution in [2.24, 2.45) is 0 Å². The first-order valence-corrected chi connectivity index (χ1v) is 11.3. The van der Waals surface area contributed by atoms with E-state index >= 15 is 0 Å². The molecule has 10 nitrogen and oxygen atoms in total. The molecule has 0 aliphatic carbocycles. The number of benzene rings is 1. The van der Waals surface area contributed by atoms with E-state index in [1.807, 2.05) is 16.7 Å². The predicted octanol–water partition coefficient (Wildman–Crippen LogP) is 3.51. The second kappa shape index (κ2) is 9.71. The number of rotatable bonds is 9. The van der Waals surface area contributed by atoms with Crippen LogP contribution in [0.4, 0.5) is 5.82 Å². The minimum absolute atomic E-state index is 0.209. The maximum Gasteiger partial charge on any atom is 0.243 e. The van der Waals surface area contributed by atoms with Crippen molar-refractivity contribution in [1.29, 1.82) is 0 Å². The molecule has 4 N–H and O–H groups in total. The Labute approximate surface area is 190 Å². The number of carbonyl (C=O) groups is 1. The van der Waals surface area contributed by atoms with E-state index in [0.29, 0.717) is 41.4 Å². The van der Waals surface area contributed by atoms with Gasteiger partial charge in [0, 0.05) is 22.3 Å². The molecule has 0 saturated carbocycles. The maximum atomic E-state index is 11.1. The number of nitrogens with zero attached hydrogens (tertiary/aromatic N) is 4. The number of nitrogens with two attached hydrogens (primary N) is 1. The first kappa shape index (κ1) is 21.7. The zero-order valence-corrected chi connectivity index (χ0v) is 18.9. The molecule has 0 saturated heterocycles. The Morgan fingerprint density at radius 3 is 2.81 bits per heavy atom. The van der Waals surface area contributed by atoms with E-state index in [-0.39, 0.29) is 12.7 Å². The Kier molecular flexibility index (Phi) is 6.78. The van der Waals surface area contributed by atoms with Gasteiger partial charge in [-0.25, -0.2) is 20.4 Å². The predicted molar refractivity (Wildman–Crippen MR) is 117 cm³/mol. The lowest BCUT2D eigenvalue weighted by Gasteiger charge is -2.10. The number of imidazole rings is 1. The van der Waals surface area contributed by atoms with Gasteiger partial charge in [-0.15, -0.1) is 0 Å². The molecule has 164 valence electrons. The summed E-state index contributed by atoms with van der Waals surface area (Å²) >= 11 is 5.07. The van der Waals surface area contributed by atoms with Crippen molar-refractivity contribution in [2.45, 2.75) is 48.7 Å². The van der Waals surface area contributed by atoms with Crippen LogP contribution in [0, 0.1) is 0 Å². The van der Waals surface area contributed by atoms with Crippen molar-refractivity contribution >= 4 is 50.6 Å². The summed E-state index contributed by atoms with van der Waals surface area (Å²) in [5.41, 5.74) is 8.94. The van der Waals surface area contributed by atoms with Crippen LogP contribution in [0.1, 0.15) is 32.1 Å². The first-order chi connectivity index (χ1) is 15.1. The molecule has 0 fully saturated rings. The van der Waals surface area contributed by atoms with E-state index in [1.54, 1.807) is 5.48 Å². The summed E-state index contributed by atoms with van der Waals surface area (Å²) in [6.07, 6.45) is 5.16.